The van der Waals surface area contributed by atoms with E-state index in [0.29, 0.717) is 18.3 Å². The van der Waals surface area contributed by atoms with Gasteiger partial charge in [0.15, 0.2) is 0 Å². The van der Waals surface area contributed by atoms with E-state index in [4.69, 9.17) is 0 Å². The van der Waals surface area contributed by atoms with E-state index in [-0.39, 0.29) is 13.1 Å². The molecule has 2 aromatic heterocycles. The minimum absolute atomic E-state index is 0.0425. The van der Waals surface area contributed by atoms with E-state index in [1.165, 1.54) is 0 Å². The van der Waals surface area contributed by atoms with Gasteiger partial charge in [0.2, 0.25) is 10.0 Å². The number of hydrogen-bond donors (Lipinski definition) is 1. The van der Waals surface area contributed by atoms with Crippen molar-refractivity contribution >= 4 is 32.4 Å². The maximum atomic E-state index is 14.1. The molecule has 0 unspecified atom stereocenters. The van der Waals surface area contributed by atoms with Crippen LogP contribution in [0.1, 0.15) is 11.1 Å². The first-order chi connectivity index (χ1) is 15.4. The van der Waals surface area contributed by atoms with Crippen molar-refractivity contribution in [1.82, 2.24) is 14.3 Å². The second-order valence-corrected chi connectivity index (χ2v) is 9.41. The van der Waals surface area contributed by atoms with Gasteiger partial charge in [-0.25, -0.2) is 22.2 Å². The Hall–Kier alpha value is -3.43. The number of pyridine rings is 2. The summed E-state index contributed by atoms with van der Waals surface area (Å²) in [5.74, 6) is -1.16. The van der Waals surface area contributed by atoms with Crippen LogP contribution in [0.25, 0.3) is 10.9 Å². The minimum atomic E-state index is -4.19. The molecule has 6 nitrogen and oxygen atoms in total. The van der Waals surface area contributed by atoms with Gasteiger partial charge in [-0.05, 0) is 48.4 Å². The number of nitrogens with zero attached hydrogens (tertiary/aromatic N) is 3. The van der Waals surface area contributed by atoms with E-state index in [2.05, 4.69) is 15.3 Å². The molecule has 0 fully saturated rings. The summed E-state index contributed by atoms with van der Waals surface area (Å²) in [5.41, 5.74) is 3.28. The number of aromatic nitrogens is 2. The summed E-state index contributed by atoms with van der Waals surface area (Å²) >= 11 is 0. The number of sulfonamides is 1. The Kier molecular flexibility index (Phi) is 5.07. The van der Waals surface area contributed by atoms with Crippen LogP contribution in [-0.4, -0.2) is 29.2 Å². The molecule has 162 valence electrons. The highest BCUT2D eigenvalue weighted by molar-refractivity contribution is 7.89. The lowest BCUT2D eigenvalue weighted by atomic mass is 10.0. The maximum absolute atomic E-state index is 14.1. The number of rotatable bonds is 4. The van der Waals surface area contributed by atoms with Gasteiger partial charge in [-0.3, -0.25) is 4.98 Å². The zero-order valence-corrected chi connectivity index (χ0v) is 17.6. The van der Waals surface area contributed by atoms with Gasteiger partial charge in [0.25, 0.3) is 0 Å². The molecule has 1 aliphatic rings. The monoisotopic (exact) mass is 452 g/mol. The molecule has 0 amide bonds. The van der Waals surface area contributed by atoms with Crippen LogP contribution in [0.5, 0.6) is 0 Å². The number of hydrogen-bond acceptors (Lipinski definition) is 5. The quantitative estimate of drug-likeness (QED) is 0.497. The van der Waals surface area contributed by atoms with Crippen molar-refractivity contribution in [3.05, 3.63) is 89.8 Å². The van der Waals surface area contributed by atoms with Gasteiger partial charge in [-0.1, -0.05) is 18.2 Å². The third-order valence-electron chi connectivity index (χ3n) is 5.48. The first kappa shape index (κ1) is 20.5. The Morgan fingerprint density at radius 1 is 1.00 bits per heavy atom. The highest BCUT2D eigenvalue weighted by Gasteiger charge is 2.32. The van der Waals surface area contributed by atoms with Crippen LogP contribution >= 0.6 is 0 Å². The number of benzene rings is 2. The molecule has 0 aliphatic carbocycles. The number of halogens is 2. The Bertz CT molecular complexity index is 1440. The zero-order chi connectivity index (χ0) is 22.3. The topological polar surface area (TPSA) is 75.2 Å². The Balaban J connectivity index is 1.43. The molecule has 3 heterocycles. The maximum Gasteiger partial charge on any atom is 0.246 e. The smallest absolute Gasteiger partial charge is 0.246 e. The summed E-state index contributed by atoms with van der Waals surface area (Å²) in [5, 5.41) is 4.26. The molecule has 32 heavy (non-hydrogen) atoms. The second-order valence-electron chi connectivity index (χ2n) is 7.50. The average Bonchev–Trinajstić information content (AvgIpc) is 2.80. The molecule has 2 aromatic carbocycles. The first-order valence-corrected chi connectivity index (χ1v) is 11.4. The fourth-order valence-corrected chi connectivity index (χ4v) is 5.36. The van der Waals surface area contributed by atoms with E-state index >= 15 is 0 Å². The lowest BCUT2D eigenvalue weighted by molar-refractivity contribution is 0.388. The molecule has 5 rings (SSSR count). The Morgan fingerprint density at radius 3 is 2.72 bits per heavy atom. The van der Waals surface area contributed by atoms with Crippen LogP contribution in [0.2, 0.25) is 0 Å². The predicted octanol–water partition coefficient (Wildman–Crippen LogP) is 4.40. The zero-order valence-electron chi connectivity index (χ0n) is 16.8. The summed E-state index contributed by atoms with van der Waals surface area (Å²) in [6.07, 6.45) is 3.69. The number of anilines is 2. The molecule has 0 bridgehead atoms. The lowest BCUT2D eigenvalue weighted by Gasteiger charge is -2.29. The average molecular weight is 452 g/mol. The summed E-state index contributed by atoms with van der Waals surface area (Å²) in [6.45, 7) is 0.169. The number of para-hydroxylation sites is 1. The van der Waals surface area contributed by atoms with Crippen molar-refractivity contribution in [3.8, 4) is 0 Å². The van der Waals surface area contributed by atoms with Crippen molar-refractivity contribution in [2.45, 2.75) is 17.9 Å². The van der Waals surface area contributed by atoms with Crippen molar-refractivity contribution in [3.63, 3.8) is 0 Å². The third-order valence-corrected chi connectivity index (χ3v) is 7.34. The van der Waals surface area contributed by atoms with Gasteiger partial charge >= 0.3 is 0 Å². The van der Waals surface area contributed by atoms with E-state index < -0.39 is 26.6 Å². The summed E-state index contributed by atoms with van der Waals surface area (Å²) in [4.78, 5) is 8.20. The molecule has 0 radical (unpaired) electrons. The van der Waals surface area contributed by atoms with Crippen molar-refractivity contribution in [1.29, 1.82) is 0 Å². The highest BCUT2D eigenvalue weighted by Crippen LogP contribution is 2.31. The molecule has 1 aliphatic heterocycles. The van der Waals surface area contributed by atoms with E-state index in [0.717, 1.165) is 44.2 Å². The van der Waals surface area contributed by atoms with Crippen LogP contribution in [0.3, 0.4) is 0 Å². The van der Waals surface area contributed by atoms with Crippen LogP contribution in [0.4, 0.5) is 20.3 Å². The normalized spacial score (nSPS) is 14.3. The minimum Gasteiger partial charge on any atom is -0.339 e. The van der Waals surface area contributed by atoms with Gasteiger partial charge in [-0.15, -0.1) is 0 Å². The Labute approximate surface area is 183 Å². The largest absolute Gasteiger partial charge is 0.339 e. The van der Waals surface area contributed by atoms with E-state index in [9.17, 15) is 17.2 Å². The van der Waals surface area contributed by atoms with Gasteiger partial charge < -0.3 is 5.32 Å². The predicted molar refractivity (Wildman–Crippen MR) is 117 cm³/mol. The third kappa shape index (κ3) is 3.69. The molecule has 0 saturated carbocycles. The summed E-state index contributed by atoms with van der Waals surface area (Å²) < 4.78 is 54.8. The van der Waals surface area contributed by atoms with Gasteiger partial charge in [-0.2, -0.15) is 4.31 Å². The summed E-state index contributed by atoms with van der Waals surface area (Å²) in [7, 11) is -4.19. The second kappa shape index (κ2) is 7.92. The van der Waals surface area contributed by atoms with Crippen LogP contribution in [-0.2, 0) is 23.0 Å². The van der Waals surface area contributed by atoms with E-state index in [1.807, 2.05) is 30.3 Å². The molecule has 0 atom stereocenters. The molecule has 4 aromatic rings. The molecule has 0 saturated heterocycles. The molecular formula is C23H18F2N4O2S. The first-order valence-electron chi connectivity index (χ1n) is 9.95. The lowest BCUT2D eigenvalue weighted by Crippen LogP contribution is -2.36. The number of fused-ring (bicyclic) bond motifs is 2. The van der Waals surface area contributed by atoms with Gasteiger partial charge in [0.1, 0.15) is 22.3 Å². The summed E-state index contributed by atoms with van der Waals surface area (Å²) in [6, 6.07) is 13.9. The highest BCUT2D eigenvalue weighted by atomic mass is 32.2. The molecule has 1 N–H and O–H groups in total. The van der Waals surface area contributed by atoms with E-state index in [1.54, 1.807) is 18.5 Å². The van der Waals surface area contributed by atoms with Gasteiger partial charge in [0, 0.05) is 30.2 Å². The number of nitrogens with one attached hydrogen (secondary N) is 1. The van der Waals surface area contributed by atoms with Crippen LogP contribution in [0, 0.1) is 11.6 Å². The van der Waals surface area contributed by atoms with Gasteiger partial charge in [0.05, 0.1) is 17.4 Å². The van der Waals surface area contributed by atoms with Crippen LogP contribution < -0.4 is 5.32 Å². The Morgan fingerprint density at radius 2 is 1.84 bits per heavy atom. The molecule has 9 heteroatoms. The fraction of sp³-hybridized carbons (Fsp3) is 0.130. The van der Waals surface area contributed by atoms with Crippen molar-refractivity contribution in [2.24, 2.45) is 0 Å². The standard InChI is InChI=1S/C23H18F2N4O2S/c24-17-5-6-20(25)22(12-17)32(30,31)29-10-8-19-16(14-29)7-9-26-23(19)28-18-11-15-3-1-2-4-21(15)27-13-18/h1-7,9,11-13H,8,10,14H2,(H,26,28). The van der Waals surface area contributed by atoms with Crippen molar-refractivity contribution in [2.75, 3.05) is 11.9 Å². The fourth-order valence-electron chi connectivity index (χ4n) is 3.87. The van der Waals surface area contributed by atoms with Crippen molar-refractivity contribution < 1.29 is 17.2 Å². The molecule has 0 spiro atoms. The molecular weight excluding hydrogens is 434 g/mol. The SMILES string of the molecule is O=S(=O)(c1cc(F)ccc1F)N1CCc2c(ccnc2Nc2cnc3ccccc3c2)C1. The van der Waals surface area contributed by atoms with Crippen LogP contribution in [0.15, 0.2) is 71.9 Å².